The molecule has 0 spiro atoms. The number of hydrogen-bond acceptors (Lipinski definition) is 3. The summed E-state index contributed by atoms with van der Waals surface area (Å²) in [5.74, 6) is 0. The van der Waals surface area contributed by atoms with Crippen LogP contribution >= 0.6 is 0 Å². The van der Waals surface area contributed by atoms with Crippen molar-refractivity contribution in [3.63, 3.8) is 0 Å². The fourth-order valence-electron chi connectivity index (χ4n) is 5.68. The minimum absolute atomic E-state index is 0.636. The number of nitrogens with zero attached hydrogens (tertiary/aromatic N) is 5. The van der Waals surface area contributed by atoms with Crippen LogP contribution in [0.25, 0.3) is 77.0 Å². The Morgan fingerprint density at radius 1 is 0.537 bits per heavy atom. The number of rotatable bonds is 3. The molecule has 0 saturated carbocycles. The van der Waals surface area contributed by atoms with Crippen molar-refractivity contribution in [3.8, 4) is 33.8 Å². The molecule has 0 radical (unpaired) electrons. The molecule has 41 heavy (non-hydrogen) atoms. The van der Waals surface area contributed by atoms with Gasteiger partial charge in [0, 0.05) is 22.5 Å². The van der Waals surface area contributed by atoms with Crippen LogP contribution < -0.4 is 0 Å². The van der Waals surface area contributed by atoms with Gasteiger partial charge in [-0.2, -0.15) is 0 Å². The van der Waals surface area contributed by atoms with Crippen LogP contribution in [0, 0.1) is 6.57 Å². The molecular formula is C36H21N5. The van der Waals surface area contributed by atoms with Crippen molar-refractivity contribution < 1.29 is 0 Å². The highest BCUT2D eigenvalue weighted by atomic mass is 15.0. The highest BCUT2D eigenvalue weighted by Crippen LogP contribution is 2.37. The summed E-state index contributed by atoms with van der Waals surface area (Å²) in [5.41, 5.74) is 10.5. The van der Waals surface area contributed by atoms with E-state index < -0.39 is 0 Å². The molecule has 4 heterocycles. The minimum Gasteiger partial charge on any atom is -0.292 e. The molecule has 8 rings (SSSR count). The third-order valence-electron chi connectivity index (χ3n) is 7.65. The van der Waals surface area contributed by atoms with E-state index in [-0.39, 0.29) is 0 Å². The molecule has 0 aliphatic carbocycles. The van der Waals surface area contributed by atoms with E-state index >= 15 is 0 Å². The quantitative estimate of drug-likeness (QED) is 0.171. The second kappa shape index (κ2) is 9.11. The van der Waals surface area contributed by atoms with Crippen LogP contribution in [0.15, 0.2) is 128 Å². The van der Waals surface area contributed by atoms with Gasteiger partial charge in [0.25, 0.3) is 0 Å². The molecule has 5 heteroatoms. The minimum atomic E-state index is 0.636. The van der Waals surface area contributed by atoms with Gasteiger partial charge in [-0.25, -0.2) is 14.8 Å². The number of para-hydroxylation sites is 2. The zero-order valence-corrected chi connectivity index (χ0v) is 21.9. The van der Waals surface area contributed by atoms with Gasteiger partial charge >= 0.3 is 0 Å². The van der Waals surface area contributed by atoms with Crippen molar-refractivity contribution in [2.45, 2.75) is 0 Å². The first-order chi connectivity index (χ1) is 20.3. The second-order valence-corrected chi connectivity index (χ2v) is 10.0. The van der Waals surface area contributed by atoms with Gasteiger partial charge < -0.3 is 0 Å². The zero-order chi connectivity index (χ0) is 27.3. The predicted octanol–water partition coefficient (Wildman–Crippen LogP) is 9.14. The second-order valence-electron chi connectivity index (χ2n) is 10.0. The first-order valence-electron chi connectivity index (χ1n) is 13.4. The summed E-state index contributed by atoms with van der Waals surface area (Å²) in [5, 5.41) is 3.33. The molecule has 0 amide bonds. The standard InChI is InChI=1S/C36H21N5/c1-37-26-16-12-23(13-17-26)24-15-19-34-29(21-24)28-22-25(30-9-6-10-32(39-30)31-7-4-5-20-38-31)14-18-27(28)36-40-33-8-2-3-11-35(33)41(34)36/h2-22H. The summed E-state index contributed by atoms with van der Waals surface area (Å²) in [4.78, 5) is 18.1. The van der Waals surface area contributed by atoms with E-state index in [9.17, 15) is 0 Å². The molecule has 0 fully saturated rings. The van der Waals surface area contributed by atoms with Gasteiger partial charge in [-0.05, 0) is 77.2 Å². The van der Waals surface area contributed by atoms with Crippen molar-refractivity contribution in [2.75, 3.05) is 0 Å². The summed E-state index contributed by atoms with van der Waals surface area (Å²) in [6.07, 6.45) is 1.79. The summed E-state index contributed by atoms with van der Waals surface area (Å²) in [6, 6.07) is 41.1. The monoisotopic (exact) mass is 523 g/mol. The van der Waals surface area contributed by atoms with Crippen LogP contribution in [0.2, 0.25) is 0 Å². The third-order valence-corrected chi connectivity index (χ3v) is 7.65. The summed E-state index contributed by atoms with van der Waals surface area (Å²) < 4.78 is 2.26. The lowest BCUT2D eigenvalue weighted by molar-refractivity contribution is 1.25. The number of pyridine rings is 3. The largest absolute Gasteiger partial charge is 0.292 e. The average molecular weight is 524 g/mol. The Kier molecular flexibility index (Phi) is 5.13. The SMILES string of the molecule is [C-]#[N+]c1ccc(-c2ccc3c(c2)c2cc(-c4cccc(-c5ccccn5)n4)ccc2c2nc4ccccc4n32)cc1. The van der Waals surface area contributed by atoms with Crippen molar-refractivity contribution in [2.24, 2.45) is 0 Å². The molecule has 8 aromatic rings. The van der Waals surface area contributed by atoms with E-state index in [1.807, 2.05) is 66.7 Å². The fourth-order valence-corrected chi connectivity index (χ4v) is 5.68. The smallest absolute Gasteiger partial charge is 0.187 e. The molecule has 4 aromatic carbocycles. The Hall–Kier alpha value is -5.86. The van der Waals surface area contributed by atoms with Crippen molar-refractivity contribution >= 4 is 44.0 Å². The van der Waals surface area contributed by atoms with Crippen molar-refractivity contribution in [1.29, 1.82) is 0 Å². The molecule has 0 bridgehead atoms. The van der Waals surface area contributed by atoms with E-state index in [1.165, 1.54) is 0 Å². The van der Waals surface area contributed by atoms with Crippen LogP contribution in [0.3, 0.4) is 0 Å². The first-order valence-corrected chi connectivity index (χ1v) is 13.4. The summed E-state index contributed by atoms with van der Waals surface area (Å²) in [6.45, 7) is 7.31. The van der Waals surface area contributed by atoms with Gasteiger partial charge in [0.05, 0.1) is 40.2 Å². The van der Waals surface area contributed by atoms with E-state index in [4.69, 9.17) is 16.5 Å². The molecule has 4 aromatic heterocycles. The lowest BCUT2D eigenvalue weighted by Crippen LogP contribution is -1.94. The zero-order valence-electron chi connectivity index (χ0n) is 21.9. The number of benzene rings is 4. The summed E-state index contributed by atoms with van der Waals surface area (Å²) in [7, 11) is 0. The van der Waals surface area contributed by atoms with Gasteiger partial charge in [-0.1, -0.05) is 60.7 Å². The Bertz CT molecular complexity index is 2310. The average Bonchev–Trinajstić information content (AvgIpc) is 3.45. The fraction of sp³-hybridized carbons (Fsp3) is 0. The van der Waals surface area contributed by atoms with E-state index in [0.29, 0.717) is 5.69 Å². The van der Waals surface area contributed by atoms with Gasteiger partial charge in [0.1, 0.15) is 5.65 Å². The van der Waals surface area contributed by atoms with Crippen LogP contribution in [0.1, 0.15) is 0 Å². The van der Waals surface area contributed by atoms with Gasteiger partial charge in [-0.3, -0.25) is 9.38 Å². The molecule has 190 valence electrons. The maximum atomic E-state index is 7.31. The molecule has 5 nitrogen and oxygen atoms in total. The van der Waals surface area contributed by atoms with Gasteiger partial charge in [0.2, 0.25) is 0 Å². The lowest BCUT2D eigenvalue weighted by Gasteiger charge is -2.13. The maximum absolute atomic E-state index is 7.31. The van der Waals surface area contributed by atoms with Crippen molar-refractivity contribution in [1.82, 2.24) is 19.4 Å². The van der Waals surface area contributed by atoms with E-state index in [2.05, 4.69) is 68.8 Å². The van der Waals surface area contributed by atoms with Crippen LogP contribution in [-0.4, -0.2) is 19.4 Å². The molecule has 0 aliphatic rings. The molecule has 0 unspecified atom stereocenters. The van der Waals surface area contributed by atoms with E-state index in [0.717, 1.165) is 72.1 Å². The van der Waals surface area contributed by atoms with Crippen LogP contribution in [0.5, 0.6) is 0 Å². The van der Waals surface area contributed by atoms with Gasteiger partial charge in [0.15, 0.2) is 5.69 Å². The highest BCUT2D eigenvalue weighted by Gasteiger charge is 2.16. The highest BCUT2D eigenvalue weighted by molar-refractivity contribution is 6.15. The third kappa shape index (κ3) is 3.74. The molecule has 0 saturated heterocycles. The normalized spacial score (nSPS) is 11.4. The number of imidazole rings is 1. The first kappa shape index (κ1) is 23.1. The Morgan fingerprint density at radius 3 is 2.15 bits per heavy atom. The predicted molar refractivity (Wildman–Crippen MR) is 166 cm³/mol. The molecule has 0 N–H and O–H groups in total. The summed E-state index contributed by atoms with van der Waals surface area (Å²) >= 11 is 0. The van der Waals surface area contributed by atoms with E-state index in [1.54, 1.807) is 6.20 Å². The number of fused-ring (bicyclic) bond motifs is 8. The van der Waals surface area contributed by atoms with Crippen LogP contribution in [-0.2, 0) is 0 Å². The molecule has 0 aliphatic heterocycles. The lowest BCUT2D eigenvalue weighted by atomic mass is 9.97. The number of aromatic nitrogens is 4. The molecule has 0 atom stereocenters. The van der Waals surface area contributed by atoms with Gasteiger partial charge in [-0.15, -0.1) is 0 Å². The van der Waals surface area contributed by atoms with Crippen molar-refractivity contribution in [3.05, 3.63) is 139 Å². The topological polar surface area (TPSA) is 47.4 Å². The Balaban J connectivity index is 1.41. The molecular weight excluding hydrogens is 502 g/mol. The Morgan fingerprint density at radius 2 is 1.29 bits per heavy atom. The van der Waals surface area contributed by atoms with Crippen LogP contribution in [0.4, 0.5) is 5.69 Å². The number of hydrogen-bond donors (Lipinski definition) is 0. The Labute approximate surface area is 235 Å². The maximum Gasteiger partial charge on any atom is 0.187 e.